The van der Waals surface area contributed by atoms with Crippen LogP contribution in [0.4, 0.5) is 5.95 Å². The first kappa shape index (κ1) is 35.0. The highest BCUT2D eigenvalue weighted by molar-refractivity contribution is 6.30. The van der Waals surface area contributed by atoms with E-state index < -0.39 is 0 Å². The van der Waals surface area contributed by atoms with Crippen LogP contribution in [-0.2, 0) is 6.42 Å². The Labute approximate surface area is 298 Å². The SMILES string of the molecule is COc1cc(C(=O)N(C)CC(CCN2CCC(Nc3nc4c(Cc5cccnc5)cccc4[nH]3)CC2)c2cccc(Cl)c2)cc(OC)c1OC. The van der Waals surface area contributed by atoms with Crippen LogP contribution in [0.1, 0.15) is 52.2 Å². The Morgan fingerprint density at radius 3 is 2.46 bits per heavy atom. The molecule has 50 heavy (non-hydrogen) atoms. The molecule has 0 bridgehead atoms. The van der Waals surface area contributed by atoms with Crippen molar-refractivity contribution < 1.29 is 19.0 Å². The number of nitrogens with one attached hydrogen (secondary N) is 2. The van der Waals surface area contributed by atoms with Crippen molar-refractivity contribution in [3.63, 3.8) is 0 Å². The molecular formula is C39H45ClN6O4. The van der Waals surface area contributed by atoms with E-state index in [-0.39, 0.29) is 11.8 Å². The number of halogens is 1. The number of H-pyrrole nitrogens is 1. The van der Waals surface area contributed by atoms with Gasteiger partial charge in [-0.1, -0.05) is 41.9 Å². The van der Waals surface area contributed by atoms with Gasteiger partial charge in [0, 0.05) is 68.0 Å². The summed E-state index contributed by atoms with van der Waals surface area (Å²) in [7, 11) is 6.47. The Balaban J connectivity index is 1.07. The number of methoxy groups -OCH3 is 3. The number of ether oxygens (including phenoxy) is 3. The fourth-order valence-corrected chi connectivity index (χ4v) is 7.02. The molecule has 2 N–H and O–H groups in total. The number of likely N-dealkylation sites (N-methyl/N-ethyl adjacent to an activating group) is 1. The lowest BCUT2D eigenvalue weighted by Crippen LogP contribution is -2.40. The number of aromatic amines is 1. The molecule has 10 nitrogen and oxygen atoms in total. The lowest BCUT2D eigenvalue weighted by atomic mass is 9.94. The lowest BCUT2D eigenvalue weighted by Gasteiger charge is -2.34. The van der Waals surface area contributed by atoms with Crippen molar-refractivity contribution in [3.05, 3.63) is 106 Å². The van der Waals surface area contributed by atoms with Gasteiger partial charge in [0.25, 0.3) is 5.91 Å². The van der Waals surface area contributed by atoms with E-state index in [1.165, 1.54) is 11.1 Å². The topological polar surface area (TPSA) is 105 Å². The second-order valence-electron chi connectivity index (χ2n) is 12.8. The zero-order chi connectivity index (χ0) is 35.0. The van der Waals surface area contributed by atoms with Crippen LogP contribution in [-0.4, -0.2) is 91.3 Å². The van der Waals surface area contributed by atoms with Crippen molar-refractivity contribution >= 4 is 34.5 Å². The molecule has 1 unspecified atom stereocenters. The molecule has 262 valence electrons. The van der Waals surface area contributed by atoms with Crippen LogP contribution in [0.15, 0.2) is 79.1 Å². The summed E-state index contributed by atoms with van der Waals surface area (Å²) in [6.45, 7) is 3.40. The maximum Gasteiger partial charge on any atom is 0.253 e. The number of imidazole rings is 1. The van der Waals surface area contributed by atoms with Crippen molar-refractivity contribution in [2.75, 3.05) is 59.9 Å². The number of hydrogen-bond acceptors (Lipinski definition) is 8. The third kappa shape index (κ3) is 8.31. The summed E-state index contributed by atoms with van der Waals surface area (Å²) in [5.74, 6) is 2.12. The van der Waals surface area contributed by atoms with Gasteiger partial charge in [-0.3, -0.25) is 9.78 Å². The zero-order valence-corrected chi connectivity index (χ0v) is 29.9. The predicted molar refractivity (Wildman–Crippen MR) is 198 cm³/mol. The van der Waals surface area contributed by atoms with Crippen LogP contribution in [0.5, 0.6) is 17.2 Å². The van der Waals surface area contributed by atoms with Crippen LogP contribution in [0, 0.1) is 0 Å². The number of pyridine rings is 1. The van der Waals surface area contributed by atoms with Crippen LogP contribution in [0.3, 0.4) is 0 Å². The molecule has 3 heterocycles. The second-order valence-corrected chi connectivity index (χ2v) is 13.3. The second kappa shape index (κ2) is 16.3. The Bertz CT molecular complexity index is 1870. The number of para-hydroxylation sites is 1. The van der Waals surface area contributed by atoms with E-state index in [1.807, 2.05) is 37.5 Å². The first-order valence-corrected chi connectivity index (χ1v) is 17.4. The molecule has 0 radical (unpaired) electrons. The first-order valence-electron chi connectivity index (χ1n) is 17.0. The van der Waals surface area contributed by atoms with Gasteiger partial charge in [-0.15, -0.1) is 0 Å². The molecule has 1 saturated heterocycles. The number of likely N-dealkylation sites (tertiary alicyclic amines) is 1. The van der Waals surface area contributed by atoms with Gasteiger partial charge in [0.15, 0.2) is 11.5 Å². The van der Waals surface area contributed by atoms with E-state index in [9.17, 15) is 4.79 Å². The van der Waals surface area contributed by atoms with Crippen molar-refractivity contribution in [1.29, 1.82) is 0 Å². The average molecular weight is 697 g/mol. The number of fused-ring (bicyclic) bond motifs is 1. The first-order chi connectivity index (χ1) is 24.3. The van der Waals surface area contributed by atoms with Gasteiger partial charge in [-0.2, -0.15) is 0 Å². The highest BCUT2D eigenvalue weighted by Gasteiger charge is 2.25. The van der Waals surface area contributed by atoms with E-state index in [0.29, 0.717) is 40.4 Å². The Kier molecular flexibility index (Phi) is 11.4. The molecule has 1 aliphatic heterocycles. The number of amides is 1. The van der Waals surface area contributed by atoms with E-state index >= 15 is 0 Å². The smallest absolute Gasteiger partial charge is 0.253 e. The van der Waals surface area contributed by atoms with E-state index in [1.54, 1.807) is 44.6 Å². The number of carbonyl (C=O) groups is 1. The minimum atomic E-state index is -0.127. The van der Waals surface area contributed by atoms with Crippen LogP contribution >= 0.6 is 11.6 Å². The molecule has 1 fully saturated rings. The molecule has 3 aromatic carbocycles. The number of carbonyl (C=O) groups excluding carboxylic acids is 1. The van der Waals surface area contributed by atoms with Gasteiger partial charge < -0.3 is 34.3 Å². The summed E-state index contributed by atoms with van der Waals surface area (Å²) < 4.78 is 16.4. The summed E-state index contributed by atoms with van der Waals surface area (Å²) in [6.07, 6.45) is 7.41. The number of rotatable bonds is 14. The zero-order valence-electron chi connectivity index (χ0n) is 29.1. The van der Waals surface area contributed by atoms with Crippen molar-refractivity contribution in [3.8, 4) is 17.2 Å². The highest BCUT2D eigenvalue weighted by Crippen LogP contribution is 2.38. The number of hydrogen-bond donors (Lipinski definition) is 2. The van der Waals surface area contributed by atoms with Gasteiger partial charge in [-0.25, -0.2) is 4.98 Å². The Morgan fingerprint density at radius 1 is 1.02 bits per heavy atom. The molecule has 11 heteroatoms. The summed E-state index contributed by atoms with van der Waals surface area (Å²) >= 11 is 6.43. The van der Waals surface area contributed by atoms with Crippen molar-refractivity contribution in [2.45, 2.75) is 37.6 Å². The number of aromatic nitrogens is 3. The number of anilines is 1. The molecule has 2 aromatic heterocycles. The van der Waals surface area contributed by atoms with E-state index in [2.05, 4.69) is 50.5 Å². The Hall–Kier alpha value is -4.80. The third-order valence-corrected chi connectivity index (χ3v) is 9.74. The molecule has 0 spiro atoms. The standard InChI is InChI=1S/C39H45ClN6O4/c1-45(38(47)30-22-34(48-2)37(50-4)35(23-30)49-3)25-29(27-9-5-11-31(40)21-27)13-17-46-18-14-32(15-19-46)42-39-43-33-12-6-10-28(36(33)44-39)20-26-8-7-16-41-24-26/h5-12,16,21-24,29,32H,13-15,17-20,25H2,1-4H3,(H2,42,43,44). The van der Waals surface area contributed by atoms with E-state index in [0.717, 1.165) is 67.9 Å². The van der Waals surface area contributed by atoms with Gasteiger partial charge in [0.2, 0.25) is 11.7 Å². The maximum atomic E-state index is 13.7. The number of nitrogens with zero attached hydrogens (tertiary/aromatic N) is 4. The summed E-state index contributed by atoms with van der Waals surface area (Å²) in [4.78, 5) is 30.7. The van der Waals surface area contributed by atoms with Crippen molar-refractivity contribution in [2.24, 2.45) is 0 Å². The fourth-order valence-electron chi connectivity index (χ4n) is 6.82. The minimum absolute atomic E-state index is 0.0944. The molecule has 5 aromatic rings. The average Bonchev–Trinajstić information content (AvgIpc) is 3.56. The number of piperidine rings is 1. The lowest BCUT2D eigenvalue weighted by molar-refractivity contribution is 0.0781. The largest absolute Gasteiger partial charge is 0.493 e. The van der Waals surface area contributed by atoms with Crippen LogP contribution < -0.4 is 19.5 Å². The monoisotopic (exact) mass is 696 g/mol. The summed E-state index contributed by atoms with van der Waals surface area (Å²) in [5, 5.41) is 4.35. The third-order valence-electron chi connectivity index (χ3n) is 9.51. The van der Waals surface area contributed by atoms with Gasteiger partial charge in [0.05, 0.1) is 32.4 Å². The predicted octanol–water partition coefficient (Wildman–Crippen LogP) is 7.05. The minimum Gasteiger partial charge on any atom is -0.493 e. The molecule has 6 rings (SSSR count). The van der Waals surface area contributed by atoms with Crippen LogP contribution in [0.25, 0.3) is 11.0 Å². The van der Waals surface area contributed by atoms with Crippen molar-refractivity contribution in [1.82, 2.24) is 24.8 Å². The summed E-state index contributed by atoms with van der Waals surface area (Å²) in [6, 6.07) is 22.0. The van der Waals surface area contributed by atoms with Gasteiger partial charge in [-0.05, 0) is 78.9 Å². The highest BCUT2D eigenvalue weighted by atomic mass is 35.5. The molecule has 0 aliphatic carbocycles. The Morgan fingerprint density at radius 2 is 1.78 bits per heavy atom. The molecule has 1 amide bonds. The molecular weight excluding hydrogens is 652 g/mol. The molecule has 1 aliphatic rings. The van der Waals surface area contributed by atoms with Gasteiger partial charge in [0.1, 0.15) is 0 Å². The fraction of sp³-hybridized carbons (Fsp3) is 0.359. The van der Waals surface area contributed by atoms with E-state index in [4.69, 9.17) is 30.8 Å². The normalized spacial score (nSPS) is 14.3. The molecule has 1 atom stereocenters. The molecule has 0 saturated carbocycles. The maximum absolute atomic E-state index is 13.7. The van der Waals surface area contributed by atoms with Crippen LogP contribution in [0.2, 0.25) is 5.02 Å². The number of benzene rings is 3. The summed E-state index contributed by atoms with van der Waals surface area (Å²) in [5.41, 5.74) is 5.96. The quantitative estimate of drug-likeness (QED) is 0.127. The van der Waals surface area contributed by atoms with Gasteiger partial charge >= 0.3 is 0 Å².